The molecular weight excluding hydrogens is 355 g/mol. The summed E-state index contributed by atoms with van der Waals surface area (Å²) < 4.78 is 87.0. The highest BCUT2D eigenvalue weighted by Crippen LogP contribution is 2.42. The molecule has 0 saturated heterocycles. The van der Waals surface area contributed by atoms with E-state index in [1.54, 1.807) is 0 Å². The molecular formula is C7H2ClF5N2O5S. The highest BCUT2D eigenvalue weighted by Gasteiger charge is 2.41. The van der Waals surface area contributed by atoms with Crippen molar-refractivity contribution in [2.45, 2.75) is 17.7 Å². The van der Waals surface area contributed by atoms with Crippen LogP contribution in [0, 0.1) is 10.1 Å². The average molecular weight is 357 g/mol. The van der Waals surface area contributed by atoms with Crippen LogP contribution in [0.25, 0.3) is 0 Å². The highest BCUT2D eigenvalue weighted by molar-refractivity contribution is 8.13. The summed E-state index contributed by atoms with van der Waals surface area (Å²) in [6.45, 7) is 0. The number of nitrogens with zero attached hydrogens (tertiary/aromatic N) is 2. The highest BCUT2D eigenvalue weighted by atomic mass is 35.7. The Bertz CT molecular complexity index is 677. The van der Waals surface area contributed by atoms with E-state index in [4.69, 9.17) is 10.7 Å². The van der Waals surface area contributed by atoms with E-state index in [1.165, 1.54) is 0 Å². The summed E-state index contributed by atoms with van der Waals surface area (Å²) in [5.74, 6) is -1.98. The van der Waals surface area contributed by atoms with Gasteiger partial charge in [0.2, 0.25) is 5.75 Å². The van der Waals surface area contributed by atoms with Gasteiger partial charge >= 0.3 is 12.0 Å². The van der Waals surface area contributed by atoms with Gasteiger partial charge in [0.05, 0.1) is 11.1 Å². The monoisotopic (exact) mass is 356 g/mol. The van der Waals surface area contributed by atoms with E-state index in [0.717, 1.165) is 0 Å². The number of ether oxygens (including phenoxy) is 1. The van der Waals surface area contributed by atoms with E-state index >= 15 is 0 Å². The Morgan fingerprint density at radius 3 is 2.24 bits per heavy atom. The molecule has 0 amide bonds. The molecule has 0 fully saturated rings. The van der Waals surface area contributed by atoms with Crippen LogP contribution < -0.4 is 4.74 Å². The second kappa shape index (κ2) is 5.55. The largest absolute Gasteiger partial charge is 0.573 e. The molecule has 0 aliphatic rings. The molecule has 1 aromatic heterocycles. The molecule has 0 unspecified atom stereocenters. The fraction of sp³-hybridized carbons (Fsp3) is 0.286. The van der Waals surface area contributed by atoms with E-state index in [9.17, 15) is 40.5 Å². The molecule has 1 heterocycles. The number of nitro groups is 1. The van der Waals surface area contributed by atoms with Crippen molar-refractivity contribution in [1.29, 1.82) is 0 Å². The minimum Gasteiger partial charge on any atom is -0.397 e. The lowest BCUT2D eigenvalue weighted by atomic mass is 10.3. The Morgan fingerprint density at radius 2 is 1.90 bits per heavy atom. The first kappa shape index (κ1) is 17.3. The lowest BCUT2D eigenvalue weighted by Crippen LogP contribution is -2.20. The van der Waals surface area contributed by atoms with Crippen LogP contribution in [0.2, 0.25) is 0 Å². The van der Waals surface area contributed by atoms with Gasteiger partial charge in [0.15, 0.2) is 10.6 Å². The van der Waals surface area contributed by atoms with Gasteiger partial charge in [-0.1, -0.05) is 0 Å². The fourth-order valence-corrected chi connectivity index (χ4v) is 2.07. The first-order chi connectivity index (χ1) is 9.34. The molecule has 118 valence electrons. The predicted octanol–water partition coefficient (Wildman–Crippen LogP) is 2.75. The normalized spacial score (nSPS) is 12.5. The van der Waals surface area contributed by atoms with E-state index in [-0.39, 0.29) is 6.20 Å². The van der Waals surface area contributed by atoms with E-state index in [2.05, 4.69) is 9.72 Å². The molecule has 0 atom stereocenters. The second-order valence-electron chi connectivity index (χ2n) is 3.23. The Labute approximate surface area is 116 Å². The number of aromatic nitrogens is 1. The van der Waals surface area contributed by atoms with Crippen LogP contribution in [0.5, 0.6) is 5.75 Å². The number of pyridine rings is 1. The molecule has 0 N–H and O–H groups in total. The van der Waals surface area contributed by atoms with Gasteiger partial charge in [-0.2, -0.15) is 0 Å². The standard InChI is InChI=1S/C7H2ClF5N2O5S/c8-21(18,19)2-1-14-3(6(9)10)4(15(16)17)5(2)20-7(11,12)13/h1,6H. The summed E-state index contributed by atoms with van der Waals surface area (Å²) in [5, 5.41) is 10.7. The molecule has 14 heteroatoms. The third kappa shape index (κ3) is 4.10. The SMILES string of the molecule is O=[N+]([O-])c1c(C(F)F)ncc(S(=O)(=O)Cl)c1OC(F)(F)F. The third-order valence-electron chi connectivity index (χ3n) is 1.87. The zero-order valence-corrected chi connectivity index (χ0v) is 10.8. The zero-order valence-electron chi connectivity index (χ0n) is 9.27. The van der Waals surface area contributed by atoms with Crippen molar-refractivity contribution in [3.63, 3.8) is 0 Å². The van der Waals surface area contributed by atoms with Gasteiger partial charge in [-0.05, 0) is 0 Å². The van der Waals surface area contributed by atoms with Crippen molar-refractivity contribution >= 4 is 25.4 Å². The zero-order chi connectivity index (χ0) is 16.6. The average Bonchev–Trinajstić information content (AvgIpc) is 2.23. The number of hydrogen-bond acceptors (Lipinski definition) is 6. The summed E-state index contributed by atoms with van der Waals surface area (Å²) in [4.78, 5) is 10.2. The number of hydrogen-bond donors (Lipinski definition) is 0. The molecule has 0 spiro atoms. The van der Waals surface area contributed by atoms with E-state index < -0.39 is 48.8 Å². The topological polar surface area (TPSA) is 99.4 Å². The number of halogens is 6. The first-order valence-corrected chi connectivity index (χ1v) is 6.81. The lowest BCUT2D eigenvalue weighted by Gasteiger charge is -2.13. The molecule has 0 radical (unpaired) electrons. The van der Waals surface area contributed by atoms with Gasteiger partial charge < -0.3 is 4.74 Å². The van der Waals surface area contributed by atoms with Crippen LogP contribution in [-0.2, 0) is 9.05 Å². The lowest BCUT2D eigenvalue weighted by molar-refractivity contribution is -0.390. The van der Waals surface area contributed by atoms with Crippen molar-refractivity contribution < 1.29 is 40.0 Å². The minimum atomic E-state index is -5.58. The van der Waals surface area contributed by atoms with Crippen LogP contribution in [0.3, 0.4) is 0 Å². The van der Waals surface area contributed by atoms with Gasteiger partial charge in [0.1, 0.15) is 0 Å². The maximum Gasteiger partial charge on any atom is 0.573 e. The molecule has 0 aliphatic carbocycles. The Kier molecular flexibility index (Phi) is 4.57. The molecule has 1 rings (SSSR count). The summed E-state index contributed by atoms with van der Waals surface area (Å²) in [6, 6.07) is 0. The Hall–Kier alpha value is -1.76. The molecule has 21 heavy (non-hydrogen) atoms. The quantitative estimate of drug-likeness (QED) is 0.356. The fourth-order valence-electron chi connectivity index (χ4n) is 1.21. The van der Waals surface area contributed by atoms with Gasteiger partial charge in [0, 0.05) is 10.7 Å². The number of alkyl halides is 5. The van der Waals surface area contributed by atoms with Gasteiger partial charge in [-0.3, -0.25) is 10.1 Å². The maximum atomic E-state index is 12.5. The Balaban J connectivity index is 3.80. The molecule has 7 nitrogen and oxygen atoms in total. The van der Waals surface area contributed by atoms with Crippen LogP contribution >= 0.6 is 10.7 Å². The van der Waals surface area contributed by atoms with Crippen molar-refractivity contribution in [3.05, 3.63) is 22.0 Å². The number of rotatable bonds is 4. The third-order valence-corrected chi connectivity index (χ3v) is 3.19. The van der Waals surface area contributed by atoms with Crippen LogP contribution in [-0.4, -0.2) is 24.7 Å². The molecule has 0 bridgehead atoms. The van der Waals surface area contributed by atoms with Crippen LogP contribution in [0.15, 0.2) is 11.1 Å². The van der Waals surface area contributed by atoms with Gasteiger partial charge in [0.25, 0.3) is 15.5 Å². The smallest absolute Gasteiger partial charge is 0.397 e. The molecule has 0 saturated carbocycles. The molecule has 0 aliphatic heterocycles. The summed E-state index contributed by atoms with van der Waals surface area (Å²) in [6.07, 6.45) is -9.22. The minimum absolute atomic E-state index is 0.0118. The predicted molar refractivity (Wildman–Crippen MR) is 55.6 cm³/mol. The van der Waals surface area contributed by atoms with Crippen molar-refractivity contribution in [1.82, 2.24) is 4.98 Å². The summed E-state index contributed by atoms with van der Waals surface area (Å²) >= 11 is 0. The van der Waals surface area contributed by atoms with Gasteiger partial charge in [-0.25, -0.2) is 22.2 Å². The van der Waals surface area contributed by atoms with Gasteiger partial charge in [-0.15, -0.1) is 13.2 Å². The first-order valence-electron chi connectivity index (χ1n) is 4.50. The van der Waals surface area contributed by atoms with E-state index in [0.29, 0.717) is 0 Å². The Morgan fingerprint density at radius 1 is 1.38 bits per heavy atom. The van der Waals surface area contributed by atoms with Crippen LogP contribution in [0.4, 0.5) is 27.6 Å². The maximum absolute atomic E-state index is 12.5. The molecule has 1 aromatic rings. The molecule has 0 aromatic carbocycles. The van der Waals surface area contributed by atoms with Crippen molar-refractivity contribution in [2.75, 3.05) is 0 Å². The van der Waals surface area contributed by atoms with Crippen LogP contribution in [0.1, 0.15) is 12.1 Å². The van der Waals surface area contributed by atoms with E-state index in [1.807, 2.05) is 0 Å². The summed E-state index contributed by atoms with van der Waals surface area (Å²) in [7, 11) is -0.193. The summed E-state index contributed by atoms with van der Waals surface area (Å²) in [5.41, 5.74) is -3.63. The van der Waals surface area contributed by atoms with Crippen molar-refractivity contribution in [2.24, 2.45) is 0 Å². The second-order valence-corrected chi connectivity index (χ2v) is 5.76. The van der Waals surface area contributed by atoms with Crippen molar-refractivity contribution in [3.8, 4) is 5.75 Å².